The molecule has 0 aromatic carbocycles. The Morgan fingerprint density at radius 3 is 2.26 bits per heavy atom. The molecule has 2 atom stereocenters. The number of hydrogen-bond donors (Lipinski definition) is 1. The molecule has 0 aliphatic heterocycles. The molecule has 0 fully saturated rings. The first kappa shape index (κ1) is 18.2. The maximum Gasteiger partial charge on any atom is 0.333 e. The second kappa shape index (κ2) is 7.73. The first-order chi connectivity index (χ1) is 8.56. The van der Waals surface area contributed by atoms with Crippen molar-refractivity contribution in [1.29, 1.82) is 0 Å². The third-order valence-corrected chi connectivity index (χ3v) is 3.82. The lowest BCUT2D eigenvalue weighted by atomic mass is 10.3. The van der Waals surface area contributed by atoms with Gasteiger partial charge in [-0.3, -0.25) is 4.79 Å². The third-order valence-electron chi connectivity index (χ3n) is 2.35. The normalized spacial score (nSPS) is 14.6. The van der Waals surface area contributed by atoms with Gasteiger partial charge in [0, 0.05) is 11.7 Å². The maximum atomic E-state index is 11.8. The molecule has 0 saturated heterocycles. The molecule has 0 aromatic rings. The van der Waals surface area contributed by atoms with Crippen LogP contribution in [0.5, 0.6) is 0 Å². The Hall–Kier alpha value is -0.770. The van der Waals surface area contributed by atoms with Gasteiger partial charge in [-0.15, -0.1) is 0 Å². The summed E-state index contributed by atoms with van der Waals surface area (Å²) in [6.07, 6.45) is 0.330. The van der Waals surface area contributed by atoms with Crippen LogP contribution in [0.25, 0.3) is 0 Å². The average molecular weight is 290 g/mol. The molecule has 0 amide bonds. The van der Waals surface area contributed by atoms with Crippen molar-refractivity contribution in [1.82, 2.24) is 0 Å². The minimum Gasteiger partial charge on any atom is -0.459 e. The van der Waals surface area contributed by atoms with Gasteiger partial charge in [-0.25, -0.2) is 4.79 Å². The van der Waals surface area contributed by atoms with E-state index in [0.717, 1.165) is 0 Å². The predicted octanol–water partition coefficient (Wildman–Crippen LogP) is 1.51. The average Bonchev–Trinajstić information content (AvgIpc) is 2.25. The fourth-order valence-corrected chi connectivity index (χ4v) is 2.79. The number of carbonyl (C=O) groups is 2. The van der Waals surface area contributed by atoms with Gasteiger partial charge in [0.2, 0.25) is 5.52 Å². The van der Waals surface area contributed by atoms with Crippen LogP contribution in [-0.4, -0.2) is 60.8 Å². The van der Waals surface area contributed by atoms with Gasteiger partial charge in [-0.2, -0.15) is 0 Å². The van der Waals surface area contributed by atoms with Gasteiger partial charge in [0.1, 0.15) is 20.8 Å². The van der Waals surface area contributed by atoms with Crippen LogP contribution in [0.15, 0.2) is 12.2 Å². The van der Waals surface area contributed by atoms with Crippen molar-refractivity contribution in [2.24, 2.45) is 0 Å². The quantitative estimate of drug-likeness (QED) is 0.318. The fourth-order valence-electron chi connectivity index (χ4n) is 1.28. The molecule has 0 heterocycles. The van der Waals surface area contributed by atoms with E-state index in [1.54, 1.807) is 6.92 Å². The molecule has 0 aliphatic carbocycles. The van der Waals surface area contributed by atoms with Crippen molar-refractivity contribution in [3.63, 3.8) is 0 Å². The van der Waals surface area contributed by atoms with Crippen LogP contribution < -0.4 is 0 Å². The number of rotatable bonds is 8. The number of quaternary nitrogens is 1. The fraction of sp³-hybridized carbons (Fsp3) is 0.692. The summed E-state index contributed by atoms with van der Waals surface area (Å²) in [6, 6.07) is 0. The summed E-state index contributed by atoms with van der Waals surface area (Å²) in [4.78, 5) is 33.2. The highest BCUT2D eigenvalue weighted by Crippen LogP contribution is 2.34. The SMILES string of the molecule is C=C(C)C(=O)OC(CC)CP(O)C(=O)C[N+](C)(C)C. The van der Waals surface area contributed by atoms with Crippen LogP contribution in [0.3, 0.4) is 0 Å². The highest BCUT2D eigenvalue weighted by molar-refractivity contribution is 7.69. The first-order valence-corrected chi connectivity index (χ1v) is 7.71. The molecule has 2 unspecified atom stereocenters. The van der Waals surface area contributed by atoms with Gasteiger partial charge in [0.15, 0.2) is 0 Å². The molecule has 0 aromatic heterocycles. The number of esters is 1. The zero-order valence-corrected chi connectivity index (χ0v) is 13.4. The Morgan fingerprint density at radius 2 is 1.89 bits per heavy atom. The van der Waals surface area contributed by atoms with Gasteiger partial charge >= 0.3 is 5.97 Å². The third kappa shape index (κ3) is 8.09. The topological polar surface area (TPSA) is 63.6 Å². The molecule has 110 valence electrons. The Balaban J connectivity index is 4.42. The van der Waals surface area contributed by atoms with Crippen molar-refractivity contribution in [3.05, 3.63) is 12.2 Å². The van der Waals surface area contributed by atoms with Gasteiger partial charge in [-0.05, 0) is 13.3 Å². The smallest absolute Gasteiger partial charge is 0.333 e. The standard InChI is InChI=1S/C13H25NO4P/c1-7-11(18-13(16)10(2)3)9-19(17)12(15)8-14(4,5)6/h11,17H,2,7-9H2,1,3-6H3/q+1. The molecule has 0 saturated carbocycles. The monoisotopic (exact) mass is 290 g/mol. The van der Waals surface area contributed by atoms with E-state index in [0.29, 0.717) is 16.5 Å². The Kier molecular flexibility index (Phi) is 7.42. The van der Waals surface area contributed by atoms with Crippen molar-refractivity contribution in [3.8, 4) is 0 Å². The molecular formula is C13H25NO4P+. The zero-order valence-electron chi connectivity index (χ0n) is 12.5. The lowest BCUT2D eigenvalue weighted by Gasteiger charge is -2.25. The summed E-state index contributed by atoms with van der Waals surface area (Å²) >= 11 is 0. The molecule has 0 rings (SSSR count). The van der Waals surface area contributed by atoms with E-state index in [2.05, 4.69) is 6.58 Å². The summed E-state index contributed by atoms with van der Waals surface area (Å²) in [7, 11) is 3.90. The lowest BCUT2D eigenvalue weighted by Crippen LogP contribution is -2.39. The first-order valence-electron chi connectivity index (χ1n) is 6.23. The van der Waals surface area contributed by atoms with E-state index >= 15 is 0 Å². The highest BCUT2D eigenvalue weighted by Gasteiger charge is 2.26. The lowest BCUT2D eigenvalue weighted by molar-refractivity contribution is -0.861. The summed E-state index contributed by atoms with van der Waals surface area (Å²) in [5.74, 6) is -0.477. The van der Waals surface area contributed by atoms with E-state index in [-0.39, 0.29) is 18.2 Å². The molecule has 0 spiro atoms. The van der Waals surface area contributed by atoms with E-state index in [4.69, 9.17) is 4.74 Å². The molecular weight excluding hydrogens is 265 g/mol. The van der Waals surface area contributed by atoms with Crippen LogP contribution in [-0.2, 0) is 14.3 Å². The molecule has 0 aliphatic rings. The van der Waals surface area contributed by atoms with Gasteiger partial charge in [0.05, 0.1) is 21.1 Å². The second-order valence-electron chi connectivity index (χ2n) is 5.64. The molecule has 5 nitrogen and oxygen atoms in total. The van der Waals surface area contributed by atoms with E-state index in [9.17, 15) is 14.5 Å². The van der Waals surface area contributed by atoms with Crippen molar-refractivity contribution >= 4 is 19.6 Å². The van der Waals surface area contributed by atoms with Crippen LogP contribution in [0.4, 0.5) is 0 Å². The van der Waals surface area contributed by atoms with Crippen molar-refractivity contribution in [2.75, 3.05) is 33.8 Å². The zero-order chi connectivity index (χ0) is 15.2. The van der Waals surface area contributed by atoms with Crippen molar-refractivity contribution < 1.29 is 23.7 Å². The highest BCUT2D eigenvalue weighted by atomic mass is 31.1. The molecule has 19 heavy (non-hydrogen) atoms. The number of likely N-dealkylation sites (N-methyl/N-ethyl adjacent to an activating group) is 1. The summed E-state index contributed by atoms with van der Waals surface area (Å²) in [6.45, 7) is 7.19. The number of carbonyl (C=O) groups excluding carboxylic acids is 2. The van der Waals surface area contributed by atoms with Gasteiger partial charge < -0.3 is 14.1 Å². The molecule has 0 bridgehead atoms. The van der Waals surface area contributed by atoms with Crippen LogP contribution in [0.2, 0.25) is 0 Å². The number of hydrogen-bond acceptors (Lipinski definition) is 4. The predicted molar refractivity (Wildman–Crippen MR) is 76.9 cm³/mol. The van der Waals surface area contributed by atoms with E-state index in [1.165, 1.54) is 0 Å². The van der Waals surface area contributed by atoms with Crippen LogP contribution in [0.1, 0.15) is 20.3 Å². The Morgan fingerprint density at radius 1 is 1.37 bits per heavy atom. The maximum absolute atomic E-state index is 11.8. The minimum absolute atomic E-state index is 0.174. The van der Waals surface area contributed by atoms with E-state index < -0.39 is 20.2 Å². The second-order valence-corrected chi connectivity index (χ2v) is 7.30. The largest absolute Gasteiger partial charge is 0.459 e. The van der Waals surface area contributed by atoms with Crippen LogP contribution in [0, 0.1) is 0 Å². The summed E-state index contributed by atoms with van der Waals surface area (Å²) < 4.78 is 5.65. The summed E-state index contributed by atoms with van der Waals surface area (Å²) in [5, 5.41) is 0. The Bertz CT molecular complexity index is 349. The molecule has 1 N–H and O–H groups in total. The molecule has 6 heteroatoms. The summed E-state index contributed by atoms with van der Waals surface area (Å²) in [5.41, 5.74) is 0.144. The number of ether oxygens (including phenoxy) is 1. The van der Waals surface area contributed by atoms with E-state index in [1.807, 2.05) is 28.1 Å². The molecule has 0 radical (unpaired) electrons. The van der Waals surface area contributed by atoms with Crippen LogP contribution >= 0.6 is 8.15 Å². The van der Waals surface area contributed by atoms with Crippen molar-refractivity contribution in [2.45, 2.75) is 26.4 Å². The Labute approximate surface area is 116 Å². The number of nitrogens with zero attached hydrogens (tertiary/aromatic N) is 1. The van der Waals surface area contributed by atoms with Gasteiger partial charge in [0.25, 0.3) is 0 Å². The van der Waals surface area contributed by atoms with Gasteiger partial charge in [-0.1, -0.05) is 13.5 Å². The minimum atomic E-state index is -1.76.